The van der Waals surface area contributed by atoms with E-state index in [0.29, 0.717) is 0 Å². The van der Waals surface area contributed by atoms with Crippen molar-refractivity contribution in [1.82, 2.24) is 0 Å². The van der Waals surface area contributed by atoms with Gasteiger partial charge in [0.05, 0.1) is 0 Å². The zero-order valence-electron chi connectivity index (χ0n) is 13.2. The molecule has 1 saturated heterocycles. The Morgan fingerprint density at radius 1 is 0.895 bits per heavy atom. The van der Waals surface area contributed by atoms with E-state index in [4.69, 9.17) is 0 Å². The Labute approximate surface area is 125 Å². The predicted octanol–water partition coefficient (Wildman–Crippen LogP) is 6.29. The summed E-state index contributed by atoms with van der Waals surface area (Å²) < 4.78 is 0. The maximum absolute atomic E-state index is 2.41. The molecule has 112 valence electrons. The minimum atomic E-state index is 0.891. The molecule has 1 saturated carbocycles. The van der Waals surface area contributed by atoms with E-state index in [1.165, 1.54) is 70.0 Å². The number of thioether (sulfide) groups is 1. The second kappa shape index (κ2) is 8.60. The summed E-state index contributed by atoms with van der Waals surface area (Å²) in [7, 11) is 0. The molecule has 1 heterocycles. The number of fused-ring (bicyclic) bond motifs is 2. The van der Waals surface area contributed by atoms with E-state index < -0.39 is 0 Å². The molecular formula is C18H34S. The van der Waals surface area contributed by atoms with E-state index in [1.54, 1.807) is 6.42 Å². The highest BCUT2D eigenvalue weighted by molar-refractivity contribution is 7.99. The van der Waals surface area contributed by atoms with E-state index in [9.17, 15) is 0 Å². The highest BCUT2D eigenvalue weighted by atomic mass is 32.2. The fraction of sp³-hybridized carbons (Fsp3) is 1.00. The zero-order chi connectivity index (χ0) is 13.5. The first-order valence-corrected chi connectivity index (χ1v) is 9.90. The van der Waals surface area contributed by atoms with Gasteiger partial charge in [0.1, 0.15) is 0 Å². The van der Waals surface area contributed by atoms with Crippen LogP contribution in [0.5, 0.6) is 0 Å². The van der Waals surface area contributed by atoms with Crippen molar-refractivity contribution in [3.8, 4) is 0 Å². The van der Waals surface area contributed by atoms with Gasteiger partial charge in [-0.3, -0.25) is 0 Å². The van der Waals surface area contributed by atoms with Crippen molar-refractivity contribution in [1.29, 1.82) is 0 Å². The average molecular weight is 283 g/mol. The molecule has 2 rings (SSSR count). The van der Waals surface area contributed by atoms with Gasteiger partial charge in [-0.25, -0.2) is 0 Å². The Morgan fingerprint density at radius 3 is 2.42 bits per heavy atom. The van der Waals surface area contributed by atoms with Crippen LogP contribution in [0.3, 0.4) is 0 Å². The van der Waals surface area contributed by atoms with Crippen molar-refractivity contribution in [2.45, 2.75) is 89.7 Å². The Kier molecular flexibility index (Phi) is 7.12. The molecule has 1 heteroatoms. The third kappa shape index (κ3) is 6.10. The molecule has 0 spiro atoms. The molecule has 2 bridgehead atoms. The number of rotatable bonds is 2. The van der Waals surface area contributed by atoms with E-state index in [2.05, 4.69) is 25.6 Å². The molecule has 0 nitrogen and oxygen atoms in total. The molecule has 0 aromatic heterocycles. The molecule has 0 aromatic carbocycles. The topological polar surface area (TPSA) is 0 Å². The third-order valence-corrected chi connectivity index (χ3v) is 6.43. The van der Waals surface area contributed by atoms with Gasteiger partial charge in [-0.1, -0.05) is 58.8 Å². The summed E-state index contributed by atoms with van der Waals surface area (Å²) in [4.78, 5) is 0. The molecule has 2 unspecified atom stereocenters. The lowest BCUT2D eigenvalue weighted by atomic mass is 9.84. The van der Waals surface area contributed by atoms with Crippen molar-refractivity contribution in [2.24, 2.45) is 17.8 Å². The van der Waals surface area contributed by atoms with Crippen LogP contribution in [-0.4, -0.2) is 11.0 Å². The standard InChI is InChI=1S/C18H34S/c1-15(2)12-17-9-7-5-3-4-6-8-16-10-11-19-18(13-16)14-17/h15-18H,3-14H2,1-2H3/t16?,17?,18-/m1/s1. The van der Waals surface area contributed by atoms with Gasteiger partial charge in [0, 0.05) is 5.25 Å². The predicted molar refractivity (Wildman–Crippen MR) is 88.9 cm³/mol. The third-order valence-electron chi connectivity index (χ3n) is 5.10. The Balaban J connectivity index is 1.89. The summed E-state index contributed by atoms with van der Waals surface area (Å²) in [5, 5.41) is 1.00. The van der Waals surface area contributed by atoms with Crippen molar-refractivity contribution < 1.29 is 0 Å². The van der Waals surface area contributed by atoms with Crippen LogP contribution in [0.1, 0.15) is 84.5 Å². The molecule has 0 N–H and O–H groups in total. The van der Waals surface area contributed by atoms with Gasteiger partial charge < -0.3 is 0 Å². The Hall–Kier alpha value is 0.350. The summed E-state index contributed by atoms with van der Waals surface area (Å²) in [6.45, 7) is 4.82. The monoisotopic (exact) mass is 282 g/mol. The summed E-state index contributed by atoms with van der Waals surface area (Å²) >= 11 is 2.30. The van der Waals surface area contributed by atoms with Crippen LogP contribution in [0.25, 0.3) is 0 Å². The van der Waals surface area contributed by atoms with Crippen LogP contribution in [0.2, 0.25) is 0 Å². The van der Waals surface area contributed by atoms with Gasteiger partial charge in [0.15, 0.2) is 0 Å². The van der Waals surface area contributed by atoms with Crippen LogP contribution in [0, 0.1) is 17.8 Å². The number of hydrogen-bond donors (Lipinski definition) is 0. The van der Waals surface area contributed by atoms with Gasteiger partial charge >= 0.3 is 0 Å². The molecule has 1 aliphatic heterocycles. The Bertz CT molecular complexity index is 236. The van der Waals surface area contributed by atoms with Crippen molar-refractivity contribution in [3.63, 3.8) is 0 Å². The molecule has 0 amide bonds. The van der Waals surface area contributed by atoms with Gasteiger partial charge in [0.2, 0.25) is 0 Å². The van der Waals surface area contributed by atoms with Crippen LogP contribution in [-0.2, 0) is 0 Å². The van der Waals surface area contributed by atoms with Gasteiger partial charge in [0.25, 0.3) is 0 Å². The van der Waals surface area contributed by atoms with Crippen molar-refractivity contribution >= 4 is 11.8 Å². The van der Waals surface area contributed by atoms with Gasteiger partial charge in [-0.2, -0.15) is 11.8 Å². The zero-order valence-corrected chi connectivity index (χ0v) is 14.0. The highest BCUT2D eigenvalue weighted by Gasteiger charge is 2.25. The van der Waals surface area contributed by atoms with Crippen LogP contribution >= 0.6 is 11.8 Å². The normalized spacial score (nSPS) is 34.6. The highest BCUT2D eigenvalue weighted by Crippen LogP contribution is 2.38. The Morgan fingerprint density at radius 2 is 1.63 bits per heavy atom. The van der Waals surface area contributed by atoms with E-state index >= 15 is 0 Å². The molecule has 1 aliphatic carbocycles. The SMILES string of the molecule is CC(C)CC1CCCCCCCC2CCS[C@H](C2)C1. The maximum Gasteiger partial charge on any atom is 0.00523 e. The van der Waals surface area contributed by atoms with Crippen molar-refractivity contribution in [2.75, 3.05) is 5.75 Å². The second-order valence-electron chi connectivity index (χ2n) is 7.46. The minimum absolute atomic E-state index is 0.891. The van der Waals surface area contributed by atoms with Crippen LogP contribution < -0.4 is 0 Å². The lowest BCUT2D eigenvalue weighted by Crippen LogP contribution is -2.22. The first-order valence-electron chi connectivity index (χ1n) is 8.85. The summed E-state index contributed by atoms with van der Waals surface area (Å²) in [5.74, 6) is 4.44. The van der Waals surface area contributed by atoms with Crippen LogP contribution in [0.15, 0.2) is 0 Å². The fourth-order valence-electron chi connectivity index (χ4n) is 4.15. The number of hydrogen-bond acceptors (Lipinski definition) is 1. The lowest BCUT2D eigenvalue weighted by molar-refractivity contribution is 0.312. The average Bonchev–Trinajstić information content (AvgIpc) is 2.36. The van der Waals surface area contributed by atoms with E-state index in [-0.39, 0.29) is 0 Å². The molecule has 2 aliphatic rings. The summed E-state index contributed by atoms with van der Waals surface area (Å²) in [5.41, 5.74) is 0. The molecule has 3 atom stereocenters. The minimum Gasteiger partial charge on any atom is -0.159 e. The van der Waals surface area contributed by atoms with Gasteiger partial charge in [-0.15, -0.1) is 0 Å². The quantitative estimate of drug-likeness (QED) is 0.573. The largest absolute Gasteiger partial charge is 0.159 e. The summed E-state index contributed by atoms with van der Waals surface area (Å²) in [6, 6.07) is 0. The molecule has 2 fully saturated rings. The smallest absolute Gasteiger partial charge is 0.00523 e. The second-order valence-corrected chi connectivity index (χ2v) is 8.87. The molecule has 0 radical (unpaired) electrons. The molecular weight excluding hydrogens is 248 g/mol. The van der Waals surface area contributed by atoms with Gasteiger partial charge in [-0.05, 0) is 49.2 Å². The first kappa shape index (κ1) is 15.7. The van der Waals surface area contributed by atoms with E-state index in [1.807, 2.05) is 0 Å². The fourth-order valence-corrected chi connectivity index (χ4v) is 5.77. The van der Waals surface area contributed by atoms with E-state index in [0.717, 1.165) is 23.0 Å². The van der Waals surface area contributed by atoms with Crippen LogP contribution in [0.4, 0.5) is 0 Å². The molecule has 0 aromatic rings. The first-order chi connectivity index (χ1) is 9.24. The molecule has 19 heavy (non-hydrogen) atoms. The maximum atomic E-state index is 2.41. The lowest BCUT2D eigenvalue weighted by Gasteiger charge is -2.32. The summed E-state index contributed by atoms with van der Waals surface area (Å²) in [6.07, 6.45) is 16.6. The van der Waals surface area contributed by atoms with Crippen molar-refractivity contribution in [3.05, 3.63) is 0 Å².